The van der Waals surface area contributed by atoms with E-state index in [1.54, 1.807) is 35.2 Å². The van der Waals surface area contributed by atoms with Gasteiger partial charge in [0.15, 0.2) is 0 Å². The molecule has 0 unspecified atom stereocenters. The number of carbonyl (C=O) groups is 3. The highest BCUT2D eigenvalue weighted by Gasteiger charge is 2.26. The summed E-state index contributed by atoms with van der Waals surface area (Å²) in [6, 6.07) is 13.2. The van der Waals surface area contributed by atoms with E-state index in [0.29, 0.717) is 38.2 Å². The lowest BCUT2D eigenvalue weighted by atomic mass is 9.96. The fourth-order valence-electron chi connectivity index (χ4n) is 3.37. The number of hydrogen-bond acceptors (Lipinski definition) is 3. The molecule has 2 aromatic carbocycles. The van der Waals surface area contributed by atoms with Crippen molar-refractivity contribution in [3.8, 4) is 0 Å². The average molecular weight is 397 g/mol. The molecular weight excluding hydrogens is 373 g/mol. The summed E-state index contributed by atoms with van der Waals surface area (Å²) in [7, 11) is 0. The molecule has 152 valence electrons. The minimum absolute atomic E-state index is 0.0760. The number of aryl methyl sites for hydroxylation is 1. The van der Waals surface area contributed by atoms with Crippen LogP contribution < -0.4 is 10.6 Å². The van der Waals surface area contributed by atoms with Crippen LogP contribution >= 0.6 is 0 Å². The van der Waals surface area contributed by atoms with Crippen molar-refractivity contribution in [1.82, 2.24) is 10.2 Å². The lowest BCUT2D eigenvalue weighted by Gasteiger charge is -2.32. The van der Waals surface area contributed by atoms with Crippen LogP contribution in [0.1, 0.15) is 28.8 Å². The molecule has 0 atom stereocenters. The summed E-state index contributed by atoms with van der Waals surface area (Å²) >= 11 is 0. The maximum atomic E-state index is 13.8. The highest BCUT2D eigenvalue weighted by atomic mass is 19.1. The molecule has 7 heteroatoms. The third-order valence-electron chi connectivity index (χ3n) is 5.04. The Balaban J connectivity index is 1.43. The molecule has 3 amide bonds. The monoisotopic (exact) mass is 397 g/mol. The van der Waals surface area contributed by atoms with E-state index in [4.69, 9.17) is 0 Å². The number of rotatable bonds is 4. The van der Waals surface area contributed by atoms with Gasteiger partial charge in [0, 0.05) is 25.3 Å². The van der Waals surface area contributed by atoms with Crippen molar-refractivity contribution in [2.24, 2.45) is 5.92 Å². The van der Waals surface area contributed by atoms with Crippen molar-refractivity contribution >= 4 is 23.4 Å². The van der Waals surface area contributed by atoms with Gasteiger partial charge in [-0.2, -0.15) is 0 Å². The molecule has 0 spiro atoms. The molecule has 3 rings (SSSR count). The molecule has 0 bridgehead atoms. The molecule has 0 aliphatic carbocycles. The summed E-state index contributed by atoms with van der Waals surface area (Å²) < 4.78 is 13.8. The van der Waals surface area contributed by atoms with Crippen LogP contribution in [-0.4, -0.2) is 42.3 Å². The van der Waals surface area contributed by atoms with Crippen LogP contribution in [0.2, 0.25) is 0 Å². The Morgan fingerprint density at radius 3 is 2.45 bits per heavy atom. The zero-order valence-corrected chi connectivity index (χ0v) is 16.3. The van der Waals surface area contributed by atoms with E-state index in [0.717, 1.165) is 5.56 Å². The Morgan fingerprint density at radius 1 is 1.03 bits per heavy atom. The third-order valence-corrected chi connectivity index (χ3v) is 5.04. The van der Waals surface area contributed by atoms with Crippen LogP contribution in [-0.2, 0) is 9.59 Å². The normalized spacial score (nSPS) is 14.3. The number of hydrogen-bond donors (Lipinski definition) is 2. The Labute approximate surface area is 169 Å². The first kappa shape index (κ1) is 20.5. The number of carbonyl (C=O) groups excluding carboxylic acids is 3. The number of anilines is 1. The topological polar surface area (TPSA) is 78.5 Å². The lowest BCUT2D eigenvalue weighted by molar-refractivity contribution is -0.136. The quantitative estimate of drug-likeness (QED) is 0.779. The van der Waals surface area contributed by atoms with Crippen molar-refractivity contribution in [2.75, 3.05) is 25.0 Å². The Kier molecular flexibility index (Phi) is 6.59. The first-order valence-electron chi connectivity index (χ1n) is 9.63. The van der Waals surface area contributed by atoms with Gasteiger partial charge in [0.25, 0.3) is 5.91 Å². The van der Waals surface area contributed by atoms with Crippen molar-refractivity contribution in [3.63, 3.8) is 0 Å². The largest absolute Gasteiger partial charge is 0.348 e. The molecule has 2 aromatic rings. The van der Waals surface area contributed by atoms with Crippen LogP contribution in [0, 0.1) is 18.7 Å². The molecule has 6 nitrogen and oxygen atoms in total. The van der Waals surface area contributed by atoms with Gasteiger partial charge < -0.3 is 15.5 Å². The van der Waals surface area contributed by atoms with E-state index < -0.39 is 17.6 Å². The minimum atomic E-state index is -0.706. The van der Waals surface area contributed by atoms with Crippen molar-refractivity contribution in [3.05, 3.63) is 65.5 Å². The zero-order valence-electron chi connectivity index (χ0n) is 16.3. The minimum Gasteiger partial charge on any atom is -0.348 e. The van der Waals surface area contributed by atoms with E-state index >= 15 is 0 Å². The molecule has 0 aromatic heterocycles. The Morgan fingerprint density at radius 2 is 1.76 bits per heavy atom. The lowest BCUT2D eigenvalue weighted by Crippen LogP contribution is -2.43. The number of halogens is 1. The van der Waals surface area contributed by atoms with E-state index in [1.165, 1.54) is 12.1 Å². The fraction of sp³-hybridized carbons (Fsp3) is 0.318. The zero-order chi connectivity index (χ0) is 20.8. The van der Waals surface area contributed by atoms with Gasteiger partial charge >= 0.3 is 11.8 Å². The number of amides is 3. The summed E-state index contributed by atoms with van der Waals surface area (Å²) in [6.07, 6.45) is 1.36. The first-order chi connectivity index (χ1) is 13.9. The average Bonchev–Trinajstić information content (AvgIpc) is 2.72. The van der Waals surface area contributed by atoms with Crippen LogP contribution in [0.4, 0.5) is 10.1 Å². The van der Waals surface area contributed by atoms with Gasteiger partial charge in [-0.25, -0.2) is 4.39 Å². The van der Waals surface area contributed by atoms with Crippen LogP contribution in [0.25, 0.3) is 0 Å². The molecular formula is C22H24FN3O3. The van der Waals surface area contributed by atoms with Gasteiger partial charge in [-0.05, 0) is 55.5 Å². The standard InChI is InChI=1S/C22H24FN3O3/c1-15-5-4-6-17(13-15)25-21(28)20(27)24-14-16-9-11-26(12-10-16)22(29)18-7-2-3-8-19(18)23/h2-8,13,16H,9-12,14H2,1H3,(H,24,27)(H,25,28). The van der Waals surface area contributed by atoms with Gasteiger partial charge in [0.05, 0.1) is 5.56 Å². The highest BCUT2D eigenvalue weighted by Crippen LogP contribution is 2.19. The number of likely N-dealkylation sites (tertiary alicyclic amines) is 1. The van der Waals surface area contributed by atoms with Crippen LogP contribution in [0.3, 0.4) is 0 Å². The van der Waals surface area contributed by atoms with Crippen molar-refractivity contribution < 1.29 is 18.8 Å². The Bertz CT molecular complexity index is 908. The predicted octanol–water partition coefficient (Wildman–Crippen LogP) is 2.74. The molecule has 29 heavy (non-hydrogen) atoms. The predicted molar refractivity (Wildman–Crippen MR) is 108 cm³/mol. The number of nitrogens with zero attached hydrogens (tertiary/aromatic N) is 1. The number of piperidine rings is 1. The second kappa shape index (κ2) is 9.32. The summed E-state index contributed by atoms with van der Waals surface area (Å²) in [5.41, 5.74) is 1.64. The maximum absolute atomic E-state index is 13.8. The fourth-order valence-corrected chi connectivity index (χ4v) is 3.37. The van der Waals surface area contributed by atoms with Gasteiger partial charge in [0.2, 0.25) is 0 Å². The third kappa shape index (κ3) is 5.40. The number of benzene rings is 2. The van der Waals surface area contributed by atoms with Gasteiger partial charge in [0.1, 0.15) is 5.82 Å². The van der Waals surface area contributed by atoms with E-state index in [1.807, 2.05) is 13.0 Å². The van der Waals surface area contributed by atoms with Gasteiger partial charge in [-0.3, -0.25) is 14.4 Å². The molecule has 1 saturated heterocycles. The van der Waals surface area contributed by atoms with E-state index in [-0.39, 0.29) is 17.4 Å². The second-order valence-electron chi connectivity index (χ2n) is 7.25. The molecule has 1 aliphatic rings. The summed E-state index contributed by atoms with van der Waals surface area (Å²) in [4.78, 5) is 38.1. The molecule has 0 saturated carbocycles. The first-order valence-corrected chi connectivity index (χ1v) is 9.63. The molecule has 1 fully saturated rings. The number of nitrogens with one attached hydrogen (secondary N) is 2. The van der Waals surface area contributed by atoms with Crippen molar-refractivity contribution in [2.45, 2.75) is 19.8 Å². The summed E-state index contributed by atoms with van der Waals surface area (Å²) in [5, 5.41) is 5.23. The van der Waals surface area contributed by atoms with E-state index in [9.17, 15) is 18.8 Å². The summed E-state index contributed by atoms with van der Waals surface area (Å²) in [5.74, 6) is -2.07. The molecule has 1 aliphatic heterocycles. The molecule has 2 N–H and O–H groups in total. The van der Waals surface area contributed by atoms with Crippen LogP contribution in [0.15, 0.2) is 48.5 Å². The van der Waals surface area contributed by atoms with Crippen molar-refractivity contribution in [1.29, 1.82) is 0 Å². The summed E-state index contributed by atoms with van der Waals surface area (Å²) in [6.45, 7) is 3.24. The smallest absolute Gasteiger partial charge is 0.313 e. The van der Waals surface area contributed by atoms with Gasteiger partial charge in [-0.1, -0.05) is 24.3 Å². The van der Waals surface area contributed by atoms with Crippen LogP contribution in [0.5, 0.6) is 0 Å². The Hall–Kier alpha value is -3.22. The molecule has 0 radical (unpaired) electrons. The SMILES string of the molecule is Cc1cccc(NC(=O)C(=O)NCC2CCN(C(=O)c3ccccc3F)CC2)c1. The van der Waals surface area contributed by atoms with E-state index in [2.05, 4.69) is 10.6 Å². The maximum Gasteiger partial charge on any atom is 0.313 e. The van der Waals surface area contributed by atoms with Gasteiger partial charge in [-0.15, -0.1) is 0 Å². The second-order valence-corrected chi connectivity index (χ2v) is 7.25. The highest BCUT2D eigenvalue weighted by molar-refractivity contribution is 6.39. The molecule has 1 heterocycles.